The van der Waals surface area contributed by atoms with Crippen LogP contribution in [0.1, 0.15) is 29.3 Å². The van der Waals surface area contributed by atoms with Gasteiger partial charge in [-0.15, -0.1) is 11.3 Å². The van der Waals surface area contributed by atoms with Crippen molar-refractivity contribution in [3.8, 4) is 0 Å². The van der Waals surface area contributed by atoms with Gasteiger partial charge in [-0.25, -0.2) is 13.8 Å². The lowest BCUT2D eigenvalue weighted by atomic mass is 10.0. The first-order chi connectivity index (χ1) is 11.5. The largest absolute Gasteiger partial charge is 0.272 e. The third-order valence-electron chi connectivity index (χ3n) is 4.31. The molecule has 0 N–H and O–H groups in total. The van der Waals surface area contributed by atoms with Crippen molar-refractivity contribution >= 4 is 34.6 Å². The van der Waals surface area contributed by atoms with Gasteiger partial charge in [0, 0.05) is 22.7 Å². The van der Waals surface area contributed by atoms with Gasteiger partial charge in [0.15, 0.2) is 0 Å². The van der Waals surface area contributed by atoms with Gasteiger partial charge in [-0.3, -0.25) is 4.79 Å². The summed E-state index contributed by atoms with van der Waals surface area (Å²) in [5, 5.41) is 8.15. The average Bonchev–Trinajstić information content (AvgIpc) is 2.99. The second-order valence-corrected chi connectivity index (χ2v) is 7.41. The van der Waals surface area contributed by atoms with Crippen molar-refractivity contribution in [2.45, 2.75) is 24.8 Å². The van der Waals surface area contributed by atoms with Crippen LogP contribution in [0.3, 0.4) is 0 Å². The first-order valence-electron chi connectivity index (χ1n) is 7.53. The van der Waals surface area contributed by atoms with E-state index in [1.165, 1.54) is 16.3 Å². The van der Waals surface area contributed by atoms with Crippen LogP contribution in [-0.4, -0.2) is 22.6 Å². The molecule has 24 heavy (non-hydrogen) atoms. The Hall–Kier alpha value is -1.79. The van der Waals surface area contributed by atoms with Crippen LogP contribution in [-0.2, 0) is 4.79 Å². The Morgan fingerprint density at radius 2 is 2.00 bits per heavy atom. The predicted molar refractivity (Wildman–Crippen MR) is 89.6 cm³/mol. The van der Waals surface area contributed by atoms with E-state index in [1.807, 2.05) is 29.6 Å². The maximum Gasteiger partial charge on any atom is 0.260 e. The molecule has 1 aromatic heterocycles. The van der Waals surface area contributed by atoms with Crippen molar-refractivity contribution in [2.24, 2.45) is 11.0 Å². The highest BCUT2D eigenvalue weighted by molar-refractivity contribution is 7.10. The molecule has 2 unspecified atom stereocenters. The minimum Gasteiger partial charge on any atom is -0.272 e. The molecule has 1 aromatic carbocycles. The number of carbonyl (C=O) groups is 1. The summed E-state index contributed by atoms with van der Waals surface area (Å²) in [5.41, 5.74) is 1.56. The molecule has 2 aliphatic rings. The molecule has 7 heteroatoms. The summed E-state index contributed by atoms with van der Waals surface area (Å²) in [5.74, 6) is -4.73. The smallest absolute Gasteiger partial charge is 0.260 e. The molecule has 2 heterocycles. The van der Waals surface area contributed by atoms with Crippen molar-refractivity contribution in [3.63, 3.8) is 0 Å². The number of amides is 1. The zero-order chi connectivity index (χ0) is 16.9. The molecule has 0 spiro atoms. The fourth-order valence-electron chi connectivity index (χ4n) is 2.87. The third kappa shape index (κ3) is 2.74. The Bertz CT molecular complexity index is 805. The molecule has 0 saturated heterocycles. The molecule has 2 atom stereocenters. The molecule has 1 saturated carbocycles. The molecule has 2 aromatic rings. The van der Waals surface area contributed by atoms with Gasteiger partial charge in [-0.2, -0.15) is 5.10 Å². The zero-order valence-electron chi connectivity index (χ0n) is 12.5. The van der Waals surface area contributed by atoms with E-state index in [1.54, 1.807) is 12.1 Å². The second-order valence-electron chi connectivity index (χ2n) is 5.99. The highest BCUT2D eigenvalue weighted by Gasteiger charge is 2.63. The number of hydrogen-bond acceptors (Lipinski definition) is 3. The standard InChI is InChI=1S/C17H13ClF2N2OS/c18-11-5-3-10(4-6-11)13-8-14(15-2-1-7-24-15)22(21-13)16(23)12-9-17(12,19)20/h1-7,12,14H,8-9H2. The van der Waals surface area contributed by atoms with Crippen LogP contribution < -0.4 is 0 Å². The molecule has 1 amide bonds. The van der Waals surface area contributed by atoms with Gasteiger partial charge in [-0.1, -0.05) is 29.8 Å². The van der Waals surface area contributed by atoms with Crippen LogP contribution in [0.2, 0.25) is 5.02 Å². The van der Waals surface area contributed by atoms with Crippen LogP contribution in [0, 0.1) is 5.92 Å². The van der Waals surface area contributed by atoms with Gasteiger partial charge < -0.3 is 0 Å². The topological polar surface area (TPSA) is 32.7 Å². The first-order valence-corrected chi connectivity index (χ1v) is 8.79. The van der Waals surface area contributed by atoms with Crippen molar-refractivity contribution in [1.82, 2.24) is 5.01 Å². The lowest BCUT2D eigenvalue weighted by Gasteiger charge is -2.20. The average molecular weight is 367 g/mol. The monoisotopic (exact) mass is 366 g/mol. The molecule has 1 fully saturated rings. The number of benzene rings is 1. The SMILES string of the molecule is O=C(C1CC1(F)F)N1N=C(c2ccc(Cl)cc2)CC1c1cccs1. The molecule has 1 aliphatic carbocycles. The minimum absolute atomic E-state index is 0.320. The number of hydrogen-bond donors (Lipinski definition) is 0. The van der Waals surface area contributed by atoms with E-state index in [9.17, 15) is 13.6 Å². The zero-order valence-corrected chi connectivity index (χ0v) is 14.0. The van der Waals surface area contributed by atoms with E-state index < -0.39 is 17.7 Å². The Morgan fingerprint density at radius 1 is 1.29 bits per heavy atom. The van der Waals surface area contributed by atoms with Gasteiger partial charge in [0.2, 0.25) is 0 Å². The van der Waals surface area contributed by atoms with E-state index in [0.717, 1.165) is 10.4 Å². The molecule has 0 bridgehead atoms. The Balaban J connectivity index is 1.66. The lowest BCUT2D eigenvalue weighted by Crippen LogP contribution is -2.29. The summed E-state index contributed by atoms with van der Waals surface area (Å²) in [6, 6.07) is 10.6. The van der Waals surface area contributed by atoms with Gasteiger partial charge in [0.25, 0.3) is 11.8 Å². The Morgan fingerprint density at radius 3 is 2.58 bits per heavy atom. The van der Waals surface area contributed by atoms with Crippen LogP contribution in [0.5, 0.6) is 0 Å². The number of halogens is 3. The Labute approximate surface area is 146 Å². The van der Waals surface area contributed by atoms with Crippen LogP contribution in [0.15, 0.2) is 46.9 Å². The quantitative estimate of drug-likeness (QED) is 0.772. The van der Waals surface area contributed by atoms with E-state index in [-0.39, 0.29) is 12.5 Å². The fourth-order valence-corrected chi connectivity index (χ4v) is 3.81. The van der Waals surface area contributed by atoms with Crippen molar-refractivity contribution in [3.05, 3.63) is 57.2 Å². The number of hydrazone groups is 1. The van der Waals surface area contributed by atoms with Crippen molar-refractivity contribution < 1.29 is 13.6 Å². The second kappa shape index (κ2) is 5.63. The van der Waals surface area contributed by atoms with Crippen LogP contribution in [0.25, 0.3) is 0 Å². The first kappa shape index (κ1) is 15.7. The van der Waals surface area contributed by atoms with Gasteiger partial charge in [0.05, 0.1) is 11.8 Å². The summed E-state index contributed by atoms with van der Waals surface area (Å²) in [6.45, 7) is 0. The maximum absolute atomic E-state index is 13.3. The molecular formula is C17H13ClF2N2OS. The number of carbonyl (C=O) groups excluding carboxylic acids is 1. The summed E-state index contributed by atoms with van der Waals surface area (Å²) in [6.07, 6.45) is 0.122. The number of thiophene rings is 1. The summed E-state index contributed by atoms with van der Waals surface area (Å²) < 4.78 is 26.7. The van der Waals surface area contributed by atoms with Crippen LogP contribution >= 0.6 is 22.9 Å². The van der Waals surface area contributed by atoms with Crippen molar-refractivity contribution in [1.29, 1.82) is 0 Å². The van der Waals surface area contributed by atoms with E-state index in [0.29, 0.717) is 17.2 Å². The van der Waals surface area contributed by atoms with Gasteiger partial charge in [0.1, 0.15) is 5.92 Å². The maximum atomic E-state index is 13.3. The predicted octanol–water partition coefficient (Wildman–Crippen LogP) is 4.73. The van der Waals surface area contributed by atoms with E-state index >= 15 is 0 Å². The van der Waals surface area contributed by atoms with E-state index in [4.69, 9.17) is 11.6 Å². The fraction of sp³-hybridized carbons (Fsp3) is 0.294. The number of rotatable bonds is 3. The summed E-state index contributed by atoms with van der Waals surface area (Å²) >= 11 is 7.40. The third-order valence-corrected chi connectivity index (χ3v) is 5.53. The molecular weight excluding hydrogens is 354 g/mol. The normalized spacial score (nSPS) is 24.8. The number of alkyl halides is 2. The van der Waals surface area contributed by atoms with Crippen LogP contribution in [0.4, 0.5) is 8.78 Å². The molecule has 4 rings (SSSR count). The van der Waals surface area contributed by atoms with E-state index in [2.05, 4.69) is 5.10 Å². The van der Waals surface area contributed by atoms with Gasteiger partial charge in [-0.05, 0) is 29.1 Å². The lowest BCUT2D eigenvalue weighted by molar-refractivity contribution is -0.136. The number of nitrogens with zero attached hydrogens (tertiary/aromatic N) is 2. The summed E-state index contributed by atoms with van der Waals surface area (Å²) in [4.78, 5) is 13.4. The minimum atomic E-state index is -2.89. The molecule has 0 radical (unpaired) electrons. The van der Waals surface area contributed by atoms with Crippen molar-refractivity contribution in [2.75, 3.05) is 0 Å². The highest BCUT2D eigenvalue weighted by Crippen LogP contribution is 2.51. The van der Waals surface area contributed by atoms with Gasteiger partial charge >= 0.3 is 0 Å². The molecule has 124 valence electrons. The Kier molecular flexibility index (Phi) is 3.69. The molecule has 1 aliphatic heterocycles. The highest BCUT2D eigenvalue weighted by atomic mass is 35.5. The molecule has 3 nitrogen and oxygen atoms in total. The summed E-state index contributed by atoms with van der Waals surface area (Å²) in [7, 11) is 0.